The first-order valence-electron chi connectivity index (χ1n) is 5.41. The van der Waals surface area contributed by atoms with Crippen LogP contribution in [0.5, 0.6) is 0 Å². The van der Waals surface area contributed by atoms with Crippen molar-refractivity contribution in [2.45, 2.75) is 11.0 Å². The molecule has 1 heterocycles. The quantitative estimate of drug-likeness (QED) is 0.804. The van der Waals surface area contributed by atoms with Gasteiger partial charge in [0.15, 0.2) is 6.10 Å². The van der Waals surface area contributed by atoms with Crippen molar-refractivity contribution in [2.24, 2.45) is 0 Å². The molecule has 19 heavy (non-hydrogen) atoms. The summed E-state index contributed by atoms with van der Waals surface area (Å²) in [6.45, 7) is 0.492. The summed E-state index contributed by atoms with van der Waals surface area (Å²) in [4.78, 5) is 0.141. The van der Waals surface area contributed by atoms with E-state index >= 15 is 0 Å². The van der Waals surface area contributed by atoms with E-state index in [0.717, 1.165) is 0 Å². The molecule has 1 aliphatic heterocycles. The summed E-state index contributed by atoms with van der Waals surface area (Å²) in [5, 5.41) is 9.24. The summed E-state index contributed by atoms with van der Waals surface area (Å²) in [6, 6.07) is 6.33. The first-order chi connectivity index (χ1) is 8.95. The largest absolute Gasteiger partial charge is 0.361 e. The maximum atomic E-state index is 12.4. The number of hydrogen-bond acceptors (Lipinski definition) is 4. The van der Waals surface area contributed by atoms with E-state index in [-0.39, 0.29) is 24.6 Å². The lowest BCUT2D eigenvalue weighted by Crippen LogP contribution is -2.44. The fourth-order valence-electron chi connectivity index (χ4n) is 1.71. The lowest BCUT2D eigenvalue weighted by molar-refractivity contribution is 0.0311. The van der Waals surface area contributed by atoms with Gasteiger partial charge in [0, 0.05) is 11.0 Å². The van der Waals surface area contributed by atoms with E-state index in [2.05, 4.69) is 15.9 Å². The van der Waals surface area contributed by atoms with Crippen LogP contribution in [0.3, 0.4) is 0 Å². The van der Waals surface area contributed by atoms with Gasteiger partial charge in [0.2, 0.25) is 10.0 Å². The second-order valence-corrected chi connectivity index (χ2v) is 7.13. The van der Waals surface area contributed by atoms with Crippen LogP contribution in [0.25, 0.3) is 0 Å². The predicted molar refractivity (Wildman–Crippen MR) is 73.3 cm³/mol. The minimum absolute atomic E-state index is 0.0408. The molecule has 1 aromatic carbocycles. The molecule has 1 aromatic rings. The number of nitrogens with zero attached hydrogens (tertiary/aromatic N) is 2. The summed E-state index contributed by atoms with van der Waals surface area (Å²) in [5.74, 6) is 0. The number of rotatable bonds is 2. The summed E-state index contributed by atoms with van der Waals surface area (Å²) in [5.41, 5.74) is 0. The van der Waals surface area contributed by atoms with Gasteiger partial charge in [0.25, 0.3) is 0 Å². The minimum Gasteiger partial charge on any atom is -0.361 e. The van der Waals surface area contributed by atoms with Gasteiger partial charge >= 0.3 is 0 Å². The third kappa shape index (κ3) is 3.09. The molecule has 0 saturated carbocycles. The van der Waals surface area contributed by atoms with Crippen LogP contribution < -0.4 is 0 Å². The third-order valence-corrected chi connectivity index (χ3v) is 5.78. The molecule has 8 heteroatoms. The highest BCUT2D eigenvalue weighted by Gasteiger charge is 2.30. The molecule has 102 valence electrons. The van der Waals surface area contributed by atoms with E-state index in [1.807, 2.05) is 6.07 Å². The Morgan fingerprint density at radius 1 is 1.53 bits per heavy atom. The first-order valence-corrected chi connectivity index (χ1v) is 8.02. The number of halogens is 2. The topological polar surface area (TPSA) is 70.4 Å². The number of nitriles is 1. The molecule has 0 N–H and O–H groups in total. The highest BCUT2D eigenvalue weighted by molar-refractivity contribution is 9.10. The van der Waals surface area contributed by atoms with Crippen LogP contribution in [0.4, 0.5) is 0 Å². The molecule has 2 rings (SSSR count). The molecule has 0 radical (unpaired) electrons. The highest BCUT2D eigenvalue weighted by atomic mass is 79.9. The van der Waals surface area contributed by atoms with E-state index in [4.69, 9.17) is 21.6 Å². The second kappa shape index (κ2) is 5.77. The summed E-state index contributed by atoms with van der Waals surface area (Å²) in [7, 11) is -3.63. The molecule has 0 aromatic heterocycles. The summed E-state index contributed by atoms with van der Waals surface area (Å²) in [6.07, 6.45) is -0.723. The van der Waals surface area contributed by atoms with Gasteiger partial charge in [-0.1, -0.05) is 11.6 Å². The van der Waals surface area contributed by atoms with E-state index < -0.39 is 16.1 Å². The lowest BCUT2D eigenvalue weighted by atomic mass is 10.3. The molecule has 0 aliphatic carbocycles. The van der Waals surface area contributed by atoms with Crippen LogP contribution >= 0.6 is 27.5 Å². The monoisotopic (exact) mass is 364 g/mol. The fourth-order valence-corrected chi connectivity index (χ4v) is 3.81. The van der Waals surface area contributed by atoms with Gasteiger partial charge in [0.05, 0.1) is 29.1 Å². The van der Waals surface area contributed by atoms with Crippen molar-refractivity contribution < 1.29 is 13.2 Å². The zero-order valence-electron chi connectivity index (χ0n) is 9.71. The van der Waals surface area contributed by atoms with Crippen LogP contribution in [0.2, 0.25) is 5.02 Å². The van der Waals surface area contributed by atoms with Crippen molar-refractivity contribution >= 4 is 37.6 Å². The van der Waals surface area contributed by atoms with Gasteiger partial charge in [-0.15, -0.1) is 0 Å². The van der Waals surface area contributed by atoms with Crippen LogP contribution in [0.1, 0.15) is 0 Å². The first kappa shape index (κ1) is 14.8. The van der Waals surface area contributed by atoms with Gasteiger partial charge in [-0.3, -0.25) is 0 Å². The van der Waals surface area contributed by atoms with Crippen molar-refractivity contribution in [1.29, 1.82) is 5.26 Å². The predicted octanol–water partition coefficient (Wildman–Crippen LogP) is 2.02. The average Bonchev–Trinajstić information content (AvgIpc) is 2.41. The van der Waals surface area contributed by atoms with Crippen molar-refractivity contribution in [2.75, 3.05) is 19.7 Å². The number of morpholine rings is 1. The van der Waals surface area contributed by atoms with Crippen LogP contribution in [-0.2, 0) is 14.8 Å². The third-order valence-electron chi connectivity index (χ3n) is 2.70. The van der Waals surface area contributed by atoms with Crippen molar-refractivity contribution in [1.82, 2.24) is 4.31 Å². The Hall–Kier alpha value is -0.650. The Balaban J connectivity index is 2.31. The number of benzene rings is 1. The van der Waals surface area contributed by atoms with Gasteiger partial charge in [-0.05, 0) is 34.1 Å². The smallest absolute Gasteiger partial charge is 0.243 e. The molecule has 1 aliphatic rings. The van der Waals surface area contributed by atoms with E-state index in [1.54, 1.807) is 0 Å². The molecular weight excluding hydrogens is 356 g/mol. The number of sulfonamides is 1. The fraction of sp³-hybridized carbons (Fsp3) is 0.364. The van der Waals surface area contributed by atoms with E-state index in [1.165, 1.54) is 22.5 Å². The Morgan fingerprint density at radius 3 is 2.89 bits per heavy atom. The molecule has 0 spiro atoms. The zero-order chi connectivity index (χ0) is 14.0. The Kier molecular flexibility index (Phi) is 4.48. The number of ether oxygens (including phenoxy) is 1. The lowest BCUT2D eigenvalue weighted by Gasteiger charge is -2.28. The van der Waals surface area contributed by atoms with E-state index in [9.17, 15) is 8.42 Å². The van der Waals surface area contributed by atoms with Crippen molar-refractivity contribution in [3.63, 3.8) is 0 Å². The van der Waals surface area contributed by atoms with Gasteiger partial charge in [-0.2, -0.15) is 9.57 Å². The molecule has 0 bridgehead atoms. The van der Waals surface area contributed by atoms with Gasteiger partial charge < -0.3 is 4.74 Å². The van der Waals surface area contributed by atoms with Crippen LogP contribution in [0.15, 0.2) is 27.6 Å². The maximum Gasteiger partial charge on any atom is 0.243 e. The minimum atomic E-state index is -3.63. The summed E-state index contributed by atoms with van der Waals surface area (Å²) >= 11 is 9.04. The molecule has 1 fully saturated rings. The Morgan fingerprint density at radius 2 is 2.26 bits per heavy atom. The van der Waals surface area contributed by atoms with Crippen molar-refractivity contribution in [3.8, 4) is 6.07 Å². The van der Waals surface area contributed by atoms with Crippen LogP contribution in [-0.4, -0.2) is 38.5 Å². The molecule has 5 nitrogen and oxygen atoms in total. The molecule has 1 atom stereocenters. The Bertz CT molecular complexity index is 629. The zero-order valence-corrected chi connectivity index (χ0v) is 12.9. The number of hydrogen-bond donors (Lipinski definition) is 0. The van der Waals surface area contributed by atoms with E-state index in [0.29, 0.717) is 9.50 Å². The SMILES string of the molecule is N#CC1CN(S(=O)(=O)c2ccc(Cl)c(Br)c2)CCO1. The van der Waals surface area contributed by atoms with Crippen LogP contribution in [0, 0.1) is 11.3 Å². The van der Waals surface area contributed by atoms with Gasteiger partial charge in [0.1, 0.15) is 0 Å². The molecule has 0 amide bonds. The molecule has 1 unspecified atom stereocenters. The molecular formula is C11H10BrClN2O3S. The highest BCUT2D eigenvalue weighted by Crippen LogP contribution is 2.27. The normalized spacial score (nSPS) is 21.0. The second-order valence-electron chi connectivity index (χ2n) is 3.93. The maximum absolute atomic E-state index is 12.4. The standard InChI is InChI=1S/C11H10BrClN2O3S/c12-10-5-9(1-2-11(10)13)19(16,17)15-3-4-18-8(6-14)7-15/h1-2,5,8H,3-4,7H2. The average molecular weight is 366 g/mol. The Labute approximate surface area is 124 Å². The molecule has 1 saturated heterocycles. The van der Waals surface area contributed by atoms with Crippen molar-refractivity contribution in [3.05, 3.63) is 27.7 Å². The van der Waals surface area contributed by atoms with Gasteiger partial charge in [-0.25, -0.2) is 8.42 Å². The summed E-state index contributed by atoms with van der Waals surface area (Å²) < 4.78 is 31.7.